The number of carbonyl (C=O) groups excluding carboxylic acids is 2. The molecule has 0 saturated heterocycles. The van der Waals surface area contributed by atoms with E-state index in [1.54, 1.807) is 36.4 Å². The molecule has 1 heterocycles. The van der Waals surface area contributed by atoms with Crippen LogP contribution < -0.4 is 11.2 Å². The van der Waals surface area contributed by atoms with Crippen LogP contribution in [0.25, 0.3) is 22.0 Å². The highest BCUT2D eigenvalue weighted by Gasteiger charge is 2.14. The number of ketones is 1. The molecule has 0 amide bonds. The van der Waals surface area contributed by atoms with Crippen molar-refractivity contribution in [1.82, 2.24) is 9.55 Å². The summed E-state index contributed by atoms with van der Waals surface area (Å²) in [4.78, 5) is 50.9. The first-order chi connectivity index (χ1) is 15.4. The van der Waals surface area contributed by atoms with Crippen LogP contribution in [-0.2, 0) is 16.1 Å². The number of benzene rings is 3. The van der Waals surface area contributed by atoms with Crippen molar-refractivity contribution < 1.29 is 14.3 Å². The number of hydrogen-bond acceptors (Lipinski definition) is 5. The first-order valence-corrected chi connectivity index (χ1v) is 10.5. The Morgan fingerprint density at radius 3 is 2.19 bits per heavy atom. The van der Waals surface area contributed by atoms with E-state index < -0.39 is 30.4 Å². The molecule has 3 aromatic carbocycles. The van der Waals surface area contributed by atoms with Gasteiger partial charge in [-0.2, -0.15) is 0 Å². The number of carbonyl (C=O) groups is 2. The Balaban J connectivity index is 1.42. The van der Waals surface area contributed by atoms with E-state index in [-0.39, 0.29) is 11.2 Å². The Hall–Kier alpha value is -3.78. The monoisotopic (exact) mass is 492 g/mol. The van der Waals surface area contributed by atoms with Gasteiger partial charge < -0.3 is 4.74 Å². The molecule has 0 atom stereocenters. The minimum atomic E-state index is -0.760. The molecule has 0 radical (unpaired) electrons. The molecule has 7 nitrogen and oxygen atoms in total. The van der Waals surface area contributed by atoms with Gasteiger partial charge in [-0.05, 0) is 35.4 Å². The van der Waals surface area contributed by atoms with Gasteiger partial charge in [0.2, 0.25) is 0 Å². The number of Topliss-reactive ketones (excluding diaryl/α,β-unsaturated/α-hetero) is 1. The number of nitrogens with one attached hydrogen (secondary N) is 1. The smallest absolute Gasteiger partial charge is 0.329 e. The first kappa shape index (κ1) is 21.5. The molecule has 0 fully saturated rings. The molecular weight excluding hydrogens is 476 g/mol. The first-order valence-electron chi connectivity index (χ1n) is 9.69. The van der Waals surface area contributed by atoms with E-state index in [1.165, 1.54) is 0 Å². The zero-order chi connectivity index (χ0) is 22.7. The van der Waals surface area contributed by atoms with E-state index in [2.05, 4.69) is 20.9 Å². The Morgan fingerprint density at radius 2 is 1.50 bits per heavy atom. The highest BCUT2D eigenvalue weighted by Crippen LogP contribution is 2.22. The lowest BCUT2D eigenvalue weighted by atomic mass is 10.0. The van der Waals surface area contributed by atoms with Crippen molar-refractivity contribution in [2.45, 2.75) is 6.54 Å². The lowest BCUT2D eigenvalue weighted by Gasteiger charge is -2.09. The van der Waals surface area contributed by atoms with Crippen LogP contribution in [-0.4, -0.2) is 27.9 Å². The van der Waals surface area contributed by atoms with E-state index in [4.69, 9.17) is 4.74 Å². The number of H-pyrrole nitrogens is 1. The number of fused-ring (bicyclic) bond motifs is 1. The number of para-hydroxylation sites is 1. The third-order valence-corrected chi connectivity index (χ3v) is 5.47. The molecule has 160 valence electrons. The third kappa shape index (κ3) is 4.60. The van der Waals surface area contributed by atoms with E-state index in [0.29, 0.717) is 11.1 Å². The average Bonchev–Trinajstić information content (AvgIpc) is 2.81. The van der Waals surface area contributed by atoms with Gasteiger partial charge >= 0.3 is 11.7 Å². The summed E-state index contributed by atoms with van der Waals surface area (Å²) in [6.07, 6.45) is 0. The quantitative estimate of drug-likeness (QED) is 0.327. The zero-order valence-corrected chi connectivity index (χ0v) is 18.3. The van der Waals surface area contributed by atoms with Gasteiger partial charge in [0.1, 0.15) is 6.54 Å². The molecule has 0 spiro atoms. The SMILES string of the molecule is O=C(Cn1c(=O)[nH]c(=O)c2ccccc21)OCC(=O)c1ccc(-c2ccc(Br)cc2)cc1. The molecule has 4 rings (SSSR count). The number of aromatic nitrogens is 2. The predicted molar refractivity (Wildman–Crippen MR) is 124 cm³/mol. The summed E-state index contributed by atoms with van der Waals surface area (Å²) in [5.74, 6) is -1.12. The minimum Gasteiger partial charge on any atom is -0.456 e. The molecule has 0 bridgehead atoms. The van der Waals surface area contributed by atoms with Crippen molar-refractivity contribution in [2.24, 2.45) is 0 Å². The van der Waals surface area contributed by atoms with Gasteiger partial charge in [0, 0.05) is 10.0 Å². The molecule has 0 saturated carbocycles. The molecule has 0 unspecified atom stereocenters. The number of esters is 1. The van der Waals surface area contributed by atoms with Crippen LogP contribution in [0.3, 0.4) is 0 Å². The maximum atomic E-state index is 12.4. The second-order valence-electron chi connectivity index (χ2n) is 7.03. The van der Waals surface area contributed by atoms with Gasteiger partial charge in [0.15, 0.2) is 12.4 Å². The minimum absolute atomic E-state index is 0.279. The lowest BCUT2D eigenvalue weighted by molar-refractivity contribution is -0.143. The number of hydrogen-bond donors (Lipinski definition) is 1. The van der Waals surface area contributed by atoms with Crippen molar-refractivity contribution in [2.75, 3.05) is 6.61 Å². The summed E-state index contributed by atoms with van der Waals surface area (Å²) >= 11 is 3.40. The predicted octanol–water partition coefficient (Wildman–Crippen LogP) is 3.55. The number of ether oxygens (including phenoxy) is 1. The van der Waals surface area contributed by atoms with Crippen molar-refractivity contribution in [3.8, 4) is 11.1 Å². The number of aromatic amines is 1. The zero-order valence-electron chi connectivity index (χ0n) is 16.7. The molecule has 32 heavy (non-hydrogen) atoms. The topological polar surface area (TPSA) is 98.2 Å². The second-order valence-corrected chi connectivity index (χ2v) is 7.95. The molecule has 4 aromatic rings. The highest BCUT2D eigenvalue weighted by atomic mass is 79.9. The lowest BCUT2D eigenvalue weighted by Crippen LogP contribution is -2.33. The average molecular weight is 493 g/mol. The van der Waals surface area contributed by atoms with Gasteiger partial charge in [-0.15, -0.1) is 0 Å². The molecule has 0 aliphatic rings. The van der Waals surface area contributed by atoms with E-state index in [0.717, 1.165) is 20.2 Å². The van der Waals surface area contributed by atoms with Gasteiger partial charge in [-0.1, -0.05) is 64.5 Å². The normalized spacial score (nSPS) is 10.8. The fourth-order valence-corrected chi connectivity index (χ4v) is 3.56. The standard InChI is InChI=1S/C24H17BrN2O5/c25-18-11-9-16(10-12-18)15-5-7-17(8-6-15)21(28)14-32-22(29)13-27-20-4-2-1-3-19(20)23(30)26-24(27)31/h1-12H,13-14H2,(H,26,30,31). The Labute approximate surface area is 190 Å². The summed E-state index contributed by atoms with van der Waals surface area (Å²) in [5.41, 5.74) is 1.43. The molecule has 0 aliphatic heterocycles. The van der Waals surface area contributed by atoms with Gasteiger partial charge in [0.25, 0.3) is 5.56 Å². The van der Waals surface area contributed by atoms with Crippen molar-refractivity contribution in [3.05, 3.63) is 104 Å². The third-order valence-electron chi connectivity index (χ3n) is 4.94. The van der Waals surface area contributed by atoms with Crippen LogP contribution >= 0.6 is 15.9 Å². The van der Waals surface area contributed by atoms with Crippen LogP contribution in [0.2, 0.25) is 0 Å². The Bertz CT molecular complexity index is 1420. The van der Waals surface area contributed by atoms with Crippen LogP contribution in [0.5, 0.6) is 0 Å². The molecule has 0 aliphatic carbocycles. The van der Waals surface area contributed by atoms with Gasteiger partial charge in [-0.3, -0.25) is 23.9 Å². The summed E-state index contributed by atoms with van der Waals surface area (Å²) in [6.45, 7) is -0.877. The molecule has 1 N–H and O–H groups in total. The molecule has 1 aromatic heterocycles. The largest absolute Gasteiger partial charge is 0.456 e. The summed E-state index contributed by atoms with van der Waals surface area (Å²) in [7, 11) is 0. The Kier molecular flexibility index (Phi) is 6.13. The van der Waals surface area contributed by atoms with E-state index in [9.17, 15) is 19.2 Å². The van der Waals surface area contributed by atoms with Crippen molar-refractivity contribution in [1.29, 1.82) is 0 Å². The van der Waals surface area contributed by atoms with Crippen LogP contribution in [0.4, 0.5) is 0 Å². The summed E-state index contributed by atoms with van der Waals surface area (Å²) in [5, 5.41) is 0.279. The second kappa shape index (κ2) is 9.15. The van der Waals surface area contributed by atoms with Crippen LogP contribution in [0, 0.1) is 0 Å². The Morgan fingerprint density at radius 1 is 0.875 bits per heavy atom. The number of nitrogens with zero attached hydrogens (tertiary/aromatic N) is 1. The van der Waals surface area contributed by atoms with Gasteiger partial charge in [-0.25, -0.2) is 4.79 Å². The van der Waals surface area contributed by atoms with Crippen LogP contribution in [0.1, 0.15) is 10.4 Å². The highest BCUT2D eigenvalue weighted by molar-refractivity contribution is 9.10. The number of rotatable bonds is 6. The van der Waals surface area contributed by atoms with Crippen molar-refractivity contribution >= 4 is 38.6 Å². The molecular formula is C24H17BrN2O5. The maximum absolute atomic E-state index is 12.4. The maximum Gasteiger partial charge on any atom is 0.329 e. The number of halogens is 1. The fourth-order valence-electron chi connectivity index (χ4n) is 3.29. The van der Waals surface area contributed by atoms with E-state index in [1.807, 2.05) is 36.4 Å². The van der Waals surface area contributed by atoms with Crippen molar-refractivity contribution in [3.63, 3.8) is 0 Å². The van der Waals surface area contributed by atoms with Crippen LogP contribution in [0.15, 0.2) is 86.9 Å². The fraction of sp³-hybridized carbons (Fsp3) is 0.0833. The molecule has 8 heteroatoms. The summed E-state index contributed by atoms with van der Waals surface area (Å²) in [6, 6.07) is 21.2. The summed E-state index contributed by atoms with van der Waals surface area (Å²) < 4.78 is 7.17. The van der Waals surface area contributed by atoms with E-state index >= 15 is 0 Å². The van der Waals surface area contributed by atoms with Gasteiger partial charge in [0.05, 0.1) is 10.9 Å².